The van der Waals surface area contributed by atoms with Crippen LogP contribution in [0.4, 0.5) is 8.78 Å². The number of piperazine rings is 1. The van der Waals surface area contributed by atoms with E-state index in [-0.39, 0.29) is 31.1 Å². The van der Waals surface area contributed by atoms with Gasteiger partial charge in [-0.05, 0) is 25.1 Å². The molecule has 0 aliphatic carbocycles. The molecule has 0 spiro atoms. The molecule has 22 heavy (non-hydrogen) atoms. The van der Waals surface area contributed by atoms with Crippen molar-refractivity contribution in [3.05, 3.63) is 29.8 Å². The third kappa shape index (κ3) is 3.26. The van der Waals surface area contributed by atoms with Gasteiger partial charge in [-0.3, -0.25) is 9.69 Å². The molecule has 0 bridgehead atoms. The number of carbonyl (C=O) groups is 1. The highest BCUT2D eigenvalue weighted by Gasteiger charge is 2.32. The lowest BCUT2D eigenvalue weighted by Crippen LogP contribution is -2.53. The highest BCUT2D eigenvalue weighted by Crippen LogP contribution is 2.20. The average molecular weight is 334 g/mol. The molecule has 1 atom stereocenters. The lowest BCUT2D eigenvalue weighted by molar-refractivity contribution is -0.143. The van der Waals surface area contributed by atoms with Gasteiger partial charge in [0.2, 0.25) is 10.0 Å². The minimum atomic E-state index is -3.92. The standard InChI is InChI=1S/C13H16F2N2O4S/c1-9(13(18)19)16-4-6-17(7-5-16)22(20,21)10-2-3-11(14)12(15)8-10/h2-3,8-9H,4-7H2,1H3,(H,18,19). The van der Waals surface area contributed by atoms with Crippen LogP contribution in [-0.4, -0.2) is 60.9 Å². The van der Waals surface area contributed by atoms with Crippen LogP contribution in [0.25, 0.3) is 0 Å². The predicted molar refractivity (Wildman–Crippen MR) is 73.8 cm³/mol. The first-order valence-corrected chi connectivity index (χ1v) is 8.09. The molecule has 0 amide bonds. The van der Waals surface area contributed by atoms with Gasteiger partial charge in [-0.25, -0.2) is 17.2 Å². The fraction of sp³-hybridized carbons (Fsp3) is 0.462. The second-order valence-electron chi connectivity index (χ2n) is 5.03. The predicted octanol–water partition coefficient (Wildman–Crippen LogP) is 0.744. The second kappa shape index (κ2) is 6.27. The van der Waals surface area contributed by atoms with E-state index >= 15 is 0 Å². The molecule has 1 N–H and O–H groups in total. The summed E-state index contributed by atoms with van der Waals surface area (Å²) in [5.41, 5.74) is 0. The number of nitrogens with zero attached hydrogens (tertiary/aromatic N) is 2. The van der Waals surface area contributed by atoms with Gasteiger partial charge in [0.15, 0.2) is 11.6 Å². The van der Waals surface area contributed by atoms with Gasteiger partial charge in [0.05, 0.1) is 4.90 Å². The zero-order valence-corrected chi connectivity index (χ0v) is 12.7. The minimum Gasteiger partial charge on any atom is -0.480 e. The summed E-state index contributed by atoms with van der Waals surface area (Å²) in [6, 6.07) is 1.73. The summed E-state index contributed by atoms with van der Waals surface area (Å²) in [4.78, 5) is 12.3. The average Bonchev–Trinajstić information content (AvgIpc) is 2.49. The van der Waals surface area contributed by atoms with Crippen LogP contribution in [0.15, 0.2) is 23.1 Å². The Labute approximate surface area is 127 Å². The maximum absolute atomic E-state index is 13.2. The highest BCUT2D eigenvalue weighted by atomic mass is 32.2. The number of halogens is 2. The Kier molecular flexibility index (Phi) is 4.78. The molecule has 0 radical (unpaired) electrons. The fourth-order valence-corrected chi connectivity index (χ4v) is 3.71. The van der Waals surface area contributed by atoms with Crippen LogP contribution in [0, 0.1) is 11.6 Å². The number of benzene rings is 1. The van der Waals surface area contributed by atoms with E-state index in [1.165, 1.54) is 6.92 Å². The molecule has 9 heteroatoms. The number of carboxylic acids is 1. The largest absolute Gasteiger partial charge is 0.480 e. The summed E-state index contributed by atoms with van der Waals surface area (Å²) < 4.78 is 52.0. The van der Waals surface area contributed by atoms with Gasteiger partial charge in [0, 0.05) is 26.2 Å². The smallest absolute Gasteiger partial charge is 0.320 e. The maximum Gasteiger partial charge on any atom is 0.320 e. The lowest BCUT2D eigenvalue weighted by Gasteiger charge is -2.35. The Morgan fingerprint density at radius 1 is 1.18 bits per heavy atom. The van der Waals surface area contributed by atoms with Crippen LogP contribution >= 0.6 is 0 Å². The van der Waals surface area contributed by atoms with Crippen molar-refractivity contribution in [1.82, 2.24) is 9.21 Å². The van der Waals surface area contributed by atoms with Crippen molar-refractivity contribution in [3.8, 4) is 0 Å². The van der Waals surface area contributed by atoms with E-state index in [1.54, 1.807) is 4.90 Å². The number of hydrogen-bond acceptors (Lipinski definition) is 4. The highest BCUT2D eigenvalue weighted by molar-refractivity contribution is 7.89. The van der Waals surface area contributed by atoms with Crippen LogP contribution < -0.4 is 0 Å². The molecule has 1 heterocycles. The van der Waals surface area contributed by atoms with Gasteiger partial charge < -0.3 is 5.11 Å². The molecule has 1 fully saturated rings. The Balaban J connectivity index is 2.12. The van der Waals surface area contributed by atoms with E-state index < -0.39 is 33.7 Å². The number of rotatable bonds is 4. The SMILES string of the molecule is CC(C(=O)O)N1CCN(S(=O)(=O)c2ccc(F)c(F)c2)CC1. The molecule has 1 saturated heterocycles. The van der Waals surface area contributed by atoms with E-state index in [0.717, 1.165) is 16.4 Å². The second-order valence-corrected chi connectivity index (χ2v) is 6.97. The lowest BCUT2D eigenvalue weighted by atomic mass is 10.2. The molecule has 1 aromatic rings. The summed E-state index contributed by atoms with van der Waals surface area (Å²) in [6.07, 6.45) is 0. The molecule has 6 nitrogen and oxygen atoms in total. The summed E-state index contributed by atoms with van der Waals surface area (Å²) in [5, 5.41) is 8.94. The number of hydrogen-bond donors (Lipinski definition) is 1. The van der Waals surface area contributed by atoms with Crippen molar-refractivity contribution in [2.75, 3.05) is 26.2 Å². The van der Waals surface area contributed by atoms with E-state index in [1.807, 2.05) is 0 Å². The summed E-state index contributed by atoms with van der Waals surface area (Å²) in [7, 11) is -3.92. The Hall–Kier alpha value is -1.58. The van der Waals surface area contributed by atoms with Crippen molar-refractivity contribution < 1.29 is 27.1 Å². The van der Waals surface area contributed by atoms with Crippen LogP contribution in [0.1, 0.15) is 6.92 Å². The summed E-state index contributed by atoms with van der Waals surface area (Å²) in [6.45, 7) is 2.24. The Bertz CT molecular complexity index is 673. The van der Waals surface area contributed by atoms with Gasteiger partial charge in [-0.1, -0.05) is 0 Å². The van der Waals surface area contributed by atoms with Crippen molar-refractivity contribution in [2.24, 2.45) is 0 Å². The molecule has 0 aromatic heterocycles. The van der Waals surface area contributed by atoms with Crippen molar-refractivity contribution in [2.45, 2.75) is 17.9 Å². The number of carboxylic acid groups (broad SMARTS) is 1. The van der Waals surface area contributed by atoms with Gasteiger partial charge in [-0.2, -0.15) is 4.31 Å². The Morgan fingerprint density at radius 3 is 2.27 bits per heavy atom. The van der Waals surface area contributed by atoms with Crippen LogP contribution in [0.2, 0.25) is 0 Å². The first-order valence-electron chi connectivity index (χ1n) is 6.65. The van der Waals surface area contributed by atoms with Crippen molar-refractivity contribution >= 4 is 16.0 Å². The molecule has 122 valence electrons. The van der Waals surface area contributed by atoms with Crippen LogP contribution in [-0.2, 0) is 14.8 Å². The van der Waals surface area contributed by atoms with Crippen molar-refractivity contribution in [3.63, 3.8) is 0 Å². The number of sulfonamides is 1. The zero-order chi connectivity index (χ0) is 16.5. The molecule has 1 aliphatic heterocycles. The molecule has 0 saturated carbocycles. The maximum atomic E-state index is 13.2. The van der Waals surface area contributed by atoms with Gasteiger partial charge >= 0.3 is 5.97 Å². The third-order valence-electron chi connectivity index (χ3n) is 3.71. The first-order chi connectivity index (χ1) is 10.2. The third-order valence-corrected chi connectivity index (χ3v) is 5.60. The Morgan fingerprint density at radius 2 is 1.77 bits per heavy atom. The van der Waals surface area contributed by atoms with Crippen molar-refractivity contribution in [1.29, 1.82) is 0 Å². The van der Waals surface area contributed by atoms with Gasteiger partial charge in [0.25, 0.3) is 0 Å². The molecular weight excluding hydrogens is 318 g/mol. The summed E-state index contributed by atoms with van der Waals surface area (Å²) in [5.74, 6) is -3.31. The van der Waals surface area contributed by atoms with Gasteiger partial charge in [0.1, 0.15) is 6.04 Å². The zero-order valence-electron chi connectivity index (χ0n) is 11.9. The van der Waals surface area contributed by atoms with Gasteiger partial charge in [-0.15, -0.1) is 0 Å². The first kappa shape index (κ1) is 16.8. The summed E-state index contributed by atoms with van der Waals surface area (Å²) >= 11 is 0. The molecule has 1 unspecified atom stereocenters. The monoisotopic (exact) mass is 334 g/mol. The molecule has 1 aliphatic rings. The minimum absolute atomic E-state index is 0.0962. The molecule has 1 aromatic carbocycles. The molecule has 2 rings (SSSR count). The van der Waals surface area contributed by atoms with Crippen LogP contribution in [0.5, 0.6) is 0 Å². The topological polar surface area (TPSA) is 77.9 Å². The number of aliphatic carboxylic acids is 1. The molecular formula is C13H16F2N2O4S. The normalized spacial score (nSPS) is 19.0. The quantitative estimate of drug-likeness (QED) is 0.879. The van der Waals surface area contributed by atoms with E-state index in [9.17, 15) is 22.0 Å². The van der Waals surface area contributed by atoms with E-state index in [0.29, 0.717) is 6.07 Å². The van der Waals surface area contributed by atoms with E-state index in [4.69, 9.17) is 5.11 Å². The van der Waals surface area contributed by atoms with E-state index in [2.05, 4.69) is 0 Å². The van der Waals surface area contributed by atoms with Crippen LogP contribution in [0.3, 0.4) is 0 Å². The fourth-order valence-electron chi connectivity index (χ4n) is 2.27.